The van der Waals surface area contributed by atoms with E-state index in [1.165, 1.54) is 24.3 Å². The van der Waals surface area contributed by atoms with Gasteiger partial charge in [-0.15, -0.1) is 0 Å². The van der Waals surface area contributed by atoms with Crippen LogP contribution in [0.5, 0.6) is 0 Å². The van der Waals surface area contributed by atoms with Crippen molar-refractivity contribution < 1.29 is 23.5 Å². The molecule has 146 valence electrons. The highest BCUT2D eigenvalue weighted by Gasteiger charge is 2.15. The summed E-state index contributed by atoms with van der Waals surface area (Å²) in [5.74, 6) is -2.51. The molecule has 0 aliphatic rings. The zero-order chi connectivity index (χ0) is 20.7. The number of rotatable bonds is 5. The van der Waals surface area contributed by atoms with Crippen LogP contribution >= 0.6 is 0 Å². The second-order valence-electron chi connectivity index (χ2n) is 7.20. The largest absolute Gasteiger partial charge is 0.452 e. The van der Waals surface area contributed by atoms with Crippen molar-refractivity contribution in [3.05, 3.63) is 77.1 Å². The summed E-state index contributed by atoms with van der Waals surface area (Å²) in [6.45, 7) is 5.58. The minimum absolute atomic E-state index is 0.0436. The summed E-state index contributed by atoms with van der Waals surface area (Å²) in [6.07, 6.45) is 2.44. The Morgan fingerprint density at radius 1 is 1.07 bits per heavy atom. The predicted molar refractivity (Wildman–Crippen MR) is 104 cm³/mol. The molecule has 2 rings (SSSR count). The quantitative estimate of drug-likeness (QED) is 0.632. The molecule has 28 heavy (non-hydrogen) atoms. The Balaban J connectivity index is 1.83. The van der Waals surface area contributed by atoms with Crippen LogP contribution in [0.1, 0.15) is 42.3 Å². The lowest BCUT2D eigenvalue weighted by Crippen LogP contribution is -2.34. The third-order valence-electron chi connectivity index (χ3n) is 3.87. The van der Waals surface area contributed by atoms with Crippen LogP contribution < -0.4 is 5.32 Å². The lowest BCUT2D eigenvalue weighted by molar-refractivity contribution is -0.143. The highest BCUT2D eigenvalue weighted by molar-refractivity contribution is 6.05. The van der Waals surface area contributed by atoms with Gasteiger partial charge in [-0.05, 0) is 46.9 Å². The van der Waals surface area contributed by atoms with Gasteiger partial charge in [-0.1, -0.05) is 45.0 Å². The van der Waals surface area contributed by atoms with Gasteiger partial charge in [0.1, 0.15) is 5.82 Å². The molecule has 0 saturated heterocycles. The van der Waals surface area contributed by atoms with Gasteiger partial charge in [0, 0.05) is 11.6 Å². The van der Waals surface area contributed by atoms with E-state index in [0.717, 1.165) is 11.6 Å². The summed E-state index contributed by atoms with van der Waals surface area (Å²) in [6, 6.07) is 12.6. The van der Waals surface area contributed by atoms with Crippen LogP contribution in [0.3, 0.4) is 0 Å². The normalized spacial score (nSPS) is 11.3. The van der Waals surface area contributed by atoms with Crippen LogP contribution in [0.15, 0.2) is 54.6 Å². The van der Waals surface area contributed by atoms with Crippen molar-refractivity contribution in [1.82, 2.24) is 5.32 Å². The Morgan fingerprint density at radius 3 is 2.36 bits per heavy atom. The van der Waals surface area contributed by atoms with Crippen LogP contribution in [0.2, 0.25) is 0 Å². The van der Waals surface area contributed by atoms with Gasteiger partial charge in [0.25, 0.3) is 11.8 Å². The summed E-state index contributed by atoms with van der Waals surface area (Å²) in [4.78, 5) is 35.5. The van der Waals surface area contributed by atoms with Crippen molar-refractivity contribution in [2.24, 2.45) is 0 Å². The van der Waals surface area contributed by atoms with E-state index in [-0.39, 0.29) is 5.41 Å². The first-order chi connectivity index (χ1) is 13.1. The number of carbonyl (C=O) groups is 3. The fourth-order valence-corrected chi connectivity index (χ4v) is 2.32. The number of nitrogens with one attached hydrogen (secondary N) is 1. The summed E-state index contributed by atoms with van der Waals surface area (Å²) in [5, 5.41) is 2.16. The molecular formula is C22H22FNO4. The summed E-state index contributed by atoms with van der Waals surface area (Å²) >= 11 is 0. The third kappa shape index (κ3) is 6.46. The first-order valence-electron chi connectivity index (χ1n) is 8.70. The molecule has 6 heteroatoms. The maximum Gasteiger partial charge on any atom is 0.331 e. The van der Waals surface area contributed by atoms with E-state index in [1.54, 1.807) is 18.2 Å². The molecule has 0 radical (unpaired) electrons. The van der Waals surface area contributed by atoms with Crippen molar-refractivity contribution in [3.8, 4) is 0 Å². The molecule has 0 unspecified atom stereocenters. The average molecular weight is 383 g/mol. The van der Waals surface area contributed by atoms with Crippen LogP contribution in [-0.2, 0) is 19.7 Å². The second kappa shape index (κ2) is 9.08. The van der Waals surface area contributed by atoms with Gasteiger partial charge in [0.2, 0.25) is 0 Å². The van der Waals surface area contributed by atoms with Crippen molar-refractivity contribution in [3.63, 3.8) is 0 Å². The standard InChI is InChI=1S/C22H22FNO4/c1-22(2,3)17-10-8-16(9-11-17)21(27)24-19(25)14-28-20(26)12-7-15-5-4-6-18(23)13-15/h4-13H,14H2,1-3H3,(H,24,25,27)/b12-7+. The SMILES string of the molecule is CC(C)(C)c1ccc(C(=O)NC(=O)COC(=O)/C=C/c2cccc(F)c2)cc1. The molecule has 0 aliphatic carbocycles. The van der Waals surface area contributed by atoms with Crippen molar-refractivity contribution >= 4 is 23.9 Å². The number of benzene rings is 2. The predicted octanol–water partition coefficient (Wildman–Crippen LogP) is 3.64. The molecule has 0 saturated carbocycles. The topological polar surface area (TPSA) is 72.5 Å². The molecule has 0 aliphatic heterocycles. The maximum absolute atomic E-state index is 13.1. The Labute approximate surface area is 163 Å². The number of imide groups is 1. The number of amides is 2. The van der Waals surface area contributed by atoms with Crippen LogP contribution in [-0.4, -0.2) is 24.4 Å². The minimum atomic E-state index is -0.776. The molecule has 2 aromatic carbocycles. The van der Waals surface area contributed by atoms with Crippen LogP contribution in [0.4, 0.5) is 4.39 Å². The molecule has 5 nitrogen and oxygen atoms in total. The zero-order valence-electron chi connectivity index (χ0n) is 16.0. The Bertz CT molecular complexity index is 895. The van der Waals surface area contributed by atoms with Gasteiger partial charge in [-0.2, -0.15) is 0 Å². The monoisotopic (exact) mass is 383 g/mol. The lowest BCUT2D eigenvalue weighted by atomic mass is 9.87. The molecule has 2 aromatic rings. The minimum Gasteiger partial charge on any atom is -0.452 e. The van der Waals surface area contributed by atoms with Crippen LogP contribution in [0.25, 0.3) is 6.08 Å². The molecule has 0 heterocycles. The highest BCUT2D eigenvalue weighted by atomic mass is 19.1. The van der Waals surface area contributed by atoms with Crippen molar-refractivity contribution in [2.75, 3.05) is 6.61 Å². The van der Waals surface area contributed by atoms with E-state index in [2.05, 4.69) is 26.1 Å². The third-order valence-corrected chi connectivity index (χ3v) is 3.87. The fraction of sp³-hybridized carbons (Fsp3) is 0.227. The molecule has 0 spiro atoms. The van der Waals surface area contributed by atoms with E-state index in [0.29, 0.717) is 11.1 Å². The second-order valence-corrected chi connectivity index (χ2v) is 7.20. The Morgan fingerprint density at radius 2 is 1.75 bits per heavy atom. The molecular weight excluding hydrogens is 361 g/mol. The fourth-order valence-electron chi connectivity index (χ4n) is 2.32. The van der Waals surface area contributed by atoms with E-state index in [4.69, 9.17) is 4.74 Å². The van der Waals surface area contributed by atoms with Crippen molar-refractivity contribution in [2.45, 2.75) is 26.2 Å². The number of ether oxygens (including phenoxy) is 1. The summed E-state index contributed by atoms with van der Waals surface area (Å²) < 4.78 is 17.8. The molecule has 0 bridgehead atoms. The molecule has 1 N–H and O–H groups in total. The molecule has 2 amide bonds. The smallest absolute Gasteiger partial charge is 0.331 e. The number of carbonyl (C=O) groups excluding carboxylic acids is 3. The van der Waals surface area contributed by atoms with E-state index >= 15 is 0 Å². The van der Waals surface area contributed by atoms with Gasteiger partial charge in [-0.3, -0.25) is 14.9 Å². The Kier molecular flexibility index (Phi) is 6.82. The molecule has 0 fully saturated rings. The highest BCUT2D eigenvalue weighted by Crippen LogP contribution is 2.22. The van der Waals surface area contributed by atoms with Crippen molar-refractivity contribution in [1.29, 1.82) is 0 Å². The van der Waals surface area contributed by atoms with E-state index in [1.807, 2.05) is 12.1 Å². The zero-order valence-corrected chi connectivity index (χ0v) is 16.0. The van der Waals surface area contributed by atoms with Gasteiger partial charge >= 0.3 is 5.97 Å². The van der Waals surface area contributed by atoms with E-state index in [9.17, 15) is 18.8 Å². The first-order valence-corrected chi connectivity index (χ1v) is 8.70. The Hall–Kier alpha value is -3.28. The molecule has 0 atom stereocenters. The lowest BCUT2D eigenvalue weighted by Gasteiger charge is -2.18. The number of hydrogen-bond acceptors (Lipinski definition) is 4. The number of esters is 1. The van der Waals surface area contributed by atoms with E-state index < -0.39 is 30.2 Å². The van der Waals surface area contributed by atoms with Gasteiger partial charge in [0.05, 0.1) is 0 Å². The van der Waals surface area contributed by atoms with Gasteiger partial charge in [-0.25, -0.2) is 9.18 Å². The first kappa shape index (κ1) is 21.0. The van der Waals surface area contributed by atoms with Gasteiger partial charge in [0.15, 0.2) is 6.61 Å². The summed E-state index contributed by atoms with van der Waals surface area (Å²) in [7, 11) is 0. The summed E-state index contributed by atoms with van der Waals surface area (Å²) in [5.41, 5.74) is 1.83. The van der Waals surface area contributed by atoms with Gasteiger partial charge < -0.3 is 4.74 Å². The van der Waals surface area contributed by atoms with Crippen LogP contribution in [0, 0.1) is 5.82 Å². The maximum atomic E-state index is 13.1. The number of halogens is 1. The number of hydrogen-bond donors (Lipinski definition) is 1. The molecule has 0 aromatic heterocycles. The average Bonchev–Trinajstić information content (AvgIpc) is 2.64.